The third-order valence-electron chi connectivity index (χ3n) is 2.40. The van der Waals surface area contributed by atoms with Crippen LogP contribution in [0.1, 0.15) is 20.3 Å². The number of pyridine rings is 1. The van der Waals surface area contributed by atoms with Crippen LogP contribution in [0.15, 0.2) is 29.4 Å². The van der Waals surface area contributed by atoms with E-state index in [1.165, 1.54) is 22.8 Å². The summed E-state index contributed by atoms with van der Waals surface area (Å²) in [7, 11) is -3.54. The van der Waals surface area contributed by atoms with Crippen molar-refractivity contribution in [3.63, 3.8) is 0 Å². The van der Waals surface area contributed by atoms with Gasteiger partial charge in [0.2, 0.25) is 10.0 Å². The van der Waals surface area contributed by atoms with Gasteiger partial charge in [0.25, 0.3) is 0 Å². The van der Waals surface area contributed by atoms with E-state index >= 15 is 0 Å². The molecule has 1 heterocycles. The molecule has 0 aliphatic carbocycles. The fraction of sp³-hybridized carbons (Fsp3) is 0.455. The maximum Gasteiger partial charge on any atom is 0.244 e. The first-order valence-electron chi connectivity index (χ1n) is 5.56. The molecule has 0 aromatic carbocycles. The van der Waals surface area contributed by atoms with Crippen LogP contribution < -0.4 is 5.73 Å². The van der Waals surface area contributed by atoms with Crippen LogP contribution in [0.25, 0.3) is 0 Å². The van der Waals surface area contributed by atoms with Crippen LogP contribution in [0.2, 0.25) is 0 Å². The van der Waals surface area contributed by atoms with Crippen LogP contribution in [0.3, 0.4) is 0 Å². The second kappa shape index (κ2) is 6.21. The van der Waals surface area contributed by atoms with Crippen molar-refractivity contribution in [2.24, 2.45) is 5.73 Å². The number of rotatable bonds is 6. The predicted molar refractivity (Wildman–Crippen MR) is 74.7 cm³/mol. The average molecular weight is 287 g/mol. The minimum atomic E-state index is -3.54. The summed E-state index contributed by atoms with van der Waals surface area (Å²) in [5, 5.41) is 0. The SMILES string of the molecule is CC(C)N(CCC(N)=S)S(=O)(=O)c1cccnc1. The molecule has 18 heavy (non-hydrogen) atoms. The molecule has 1 aromatic heterocycles. The molecule has 5 nitrogen and oxygen atoms in total. The summed E-state index contributed by atoms with van der Waals surface area (Å²) < 4.78 is 26.2. The number of nitrogens with two attached hydrogens (primary N) is 1. The van der Waals surface area contributed by atoms with Crippen molar-refractivity contribution in [1.82, 2.24) is 9.29 Å². The van der Waals surface area contributed by atoms with Gasteiger partial charge in [-0.05, 0) is 26.0 Å². The highest BCUT2D eigenvalue weighted by Crippen LogP contribution is 2.17. The van der Waals surface area contributed by atoms with Gasteiger partial charge >= 0.3 is 0 Å². The molecule has 0 spiro atoms. The largest absolute Gasteiger partial charge is 0.393 e. The molecule has 0 saturated carbocycles. The summed E-state index contributed by atoms with van der Waals surface area (Å²) in [6, 6.07) is 2.96. The summed E-state index contributed by atoms with van der Waals surface area (Å²) >= 11 is 4.78. The summed E-state index contributed by atoms with van der Waals surface area (Å²) in [6.07, 6.45) is 3.24. The van der Waals surface area contributed by atoms with Crippen molar-refractivity contribution < 1.29 is 8.42 Å². The summed E-state index contributed by atoms with van der Waals surface area (Å²) in [5.74, 6) is 0. The number of nitrogens with zero attached hydrogens (tertiary/aromatic N) is 2. The Balaban J connectivity index is 3.02. The van der Waals surface area contributed by atoms with Crippen molar-refractivity contribution in [1.29, 1.82) is 0 Å². The fourth-order valence-corrected chi connectivity index (χ4v) is 3.20. The maximum atomic E-state index is 12.4. The van der Waals surface area contributed by atoms with Crippen molar-refractivity contribution in [3.8, 4) is 0 Å². The zero-order chi connectivity index (χ0) is 13.8. The molecule has 100 valence electrons. The van der Waals surface area contributed by atoms with Crippen LogP contribution in [-0.4, -0.2) is 35.3 Å². The average Bonchev–Trinajstić information content (AvgIpc) is 2.29. The zero-order valence-corrected chi connectivity index (χ0v) is 12.0. The summed E-state index contributed by atoms with van der Waals surface area (Å²) in [5.41, 5.74) is 5.42. The standard InChI is InChI=1S/C11H17N3O2S2/c1-9(2)14(7-5-11(12)17)18(15,16)10-4-3-6-13-8-10/h3-4,6,8-9H,5,7H2,1-2H3,(H2,12,17). The fourth-order valence-electron chi connectivity index (χ4n) is 1.51. The van der Waals surface area contributed by atoms with Crippen LogP contribution in [0.4, 0.5) is 0 Å². The maximum absolute atomic E-state index is 12.4. The minimum Gasteiger partial charge on any atom is -0.393 e. The van der Waals surface area contributed by atoms with E-state index in [2.05, 4.69) is 4.98 Å². The van der Waals surface area contributed by atoms with Crippen LogP contribution >= 0.6 is 12.2 Å². The Bertz CT molecular complexity index is 500. The van der Waals surface area contributed by atoms with Crippen LogP contribution in [0, 0.1) is 0 Å². The minimum absolute atomic E-state index is 0.162. The lowest BCUT2D eigenvalue weighted by Crippen LogP contribution is -2.38. The lowest BCUT2D eigenvalue weighted by atomic mass is 10.3. The van der Waals surface area contributed by atoms with Crippen molar-refractivity contribution in [2.45, 2.75) is 31.2 Å². The quantitative estimate of drug-likeness (QED) is 0.794. The summed E-state index contributed by atoms with van der Waals surface area (Å²) in [6.45, 7) is 3.91. The topological polar surface area (TPSA) is 76.3 Å². The lowest BCUT2D eigenvalue weighted by molar-refractivity contribution is 0.362. The normalized spacial score (nSPS) is 12.0. The summed E-state index contributed by atoms with van der Waals surface area (Å²) in [4.78, 5) is 4.32. The Morgan fingerprint density at radius 2 is 2.22 bits per heavy atom. The molecule has 0 aliphatic rings. The van der Waals surface area contributed by atoms with Crippen LogP contribution in [0.5, 0.6) is 0 Å². The van der Waals surface area contributed by atoms with Crippen molar-refractivity contribution in [3.05, 3.63) is 24.5 Å². The van der Waals surface area contributed by atoms with Gasteiger partial charge in [0.15, 0.2) is 0 Å². The number of thiocarbonyl (C=S) groups is 1. The van der Waals surface area contributed by atoms with Crippen LogP contribution in [-0.2, 0) is 10.0 Å². The Labute approximate surface area is 113 Å². The van der Waals surface area contributed by atoms with E-state index in [9.17, 15) is 8.42 Å². The highest BCUT2D eigenvalue weighted by atomic mass is 32.2. The van der Waals surface area contributed by atoms with Gasteiger partial charge in [-0.1, -0.05) is 12.2 Å². The molecule has 0 atom stereocenters. The molecule has 1 rings (SSSR count). The molecule has 0 aliphatic heterocycles. The van der Waals surface area contributed by atoms with Gasteiger partial charge in [0, 0.05) is 31.4 Å². The molecular formula is C11H17N3O2S2. The number of hydrogen-bond acceptors (Lipinski definition) is 4. The lowest BCUT2D eigenvalue weighted by Gasteiger charge is -2.25. The van der Waals surface area contributed by atoms with E-state index in [4.69, 9.17) is 18.0 Å². The number of sulfonamides is 1. The molecule has 2 N–H and O–H groups in total. The second-order valence-electron chi connectivity index (χ2n) is 4.11. The number of aromatic nitrogens is 1. The second-order valence-corrected chi connectivity index (χ2v) is 6.53. The van der Waals surface area contributed by atoms with E-state index in [-0.39, 0.29) is 17.5 Å². The Morgan fingerprint density at radius 1 is 1.56 bits per heavy atom. The Hall–Kier alpha value is -1.05. The molecule has 0 saturated heterocycles. The van der Waals surface area contributed by atoms with Gasteiger partial charge in [0.1, 0.15) is 4.90 Å². The van der Waals surface area contributed by atoms with Crippen molar-refractivity contribution in [2.75, 3.05) is 6.54 Å². The first-order valence-corrected chi connectivity index (χ1v) is 7.40. The first-order chi connectivity index (χ1) is 8.35. The molecule has 0 amide bonds. The monoisotopic (exact) mass is 287 g/mol. The molecule has 0 unspecified atom stereocenters. The predicted octanol–water partition coefficient (Wildman–Crippen LogP) is 1.16. The molecule has 0 fully saturated rings. The van der Waals surface area contributed by atoms with E-state index in [1.54, 1.807) is 6.07 Å². The van der Waals surface area contributed by atoms with E-state index < -0.39 is 10.0 Å². The van der Waals surface area contributed by atoms with Crippen molar-refractivity contribution >= 4 is 27.2 Å². The Morgan fingerprint density at radius 3 is 2.67 bits per heavy atom. The smallest absolute Gasteiger partial charge is 0.244 e. The number of hydrogen-bond donors (Lipinski definition) is 1. The third kappa shape index (κ3) is 3.72. The van der Waals surface area contributed by atoms with Gasteiger partial charge in [-0.2, -0.15) is 4.31 Å². The molecule has 0 bridgehead atoms. The van der Waals surface area contributed by atoms with Gasteiger partial charge in [0.05, 0.1) is 4.99 Å². The molecule has 1 aromatic rings. The molecule has 0 radical (unpaired) electrons. The molecular weight excluding hydrogens is 270 g/mol. The molecule has 7 heteroatoms. The van der Waals surface area contributed by atoms with Gasteiger partial charge in [-0.25, -0.2) is 8.42 Å². The Kier molecular flexibility index (Phi) is 5.18. The highest BCUT2D eigenvalue weighted by Gasteiger charge is 2.26. The third-order valence-corrected chi connectivity index (χ3v) is 4.66. The van der Waals surface area contributed by atoms with E-state index in [1.807, 2.05) is 13.8 Å². The van der Waals surface area contributed by atoms with Gasteiger partial charge in [-0.15, -0.1) is 0 Å². The zero-order valence-electron chi connectivity index (χ0n) is 10.4. The van der Waals surface area contributed by atoms with Gasteiger partial charge < -0.3 is 5.73 Å². The van der Waals surface area contributed by atoms with Gasteiger partial charge in [-0.3, -0.25) is 4.98 Å². The highest BCUT2D eigenvalue weighted by molar-refractivity contribution is 7.89. The van der Waals surface area contributed by atoms with E-state index in [0.717, 1.165) is 0 Å². The van der Waals surface area contributed by atoms with E-state index in [0.29, 0.717) is 11.4 Å². The first kappa shape index (κ1) is 15.0.